The summed E-state index contributed by atoms with van der Waals surface area (Å²) in [6.45, 7) is 0.467. The summed E-state index contributed by atoms with van der Waals surface area (Å²) < 4.78 is 13.6. The van der Waals surface area contributed by atoms with Crippen molar-refractivity contribution in [1.82, 2.24) is 10.3 Å². The van der Waals surface area contributed by atoms with Gasteiger partial charge in [0.05, 0.1) is 11.3 Å². The minimum absolute atomic E-state index is 0.0504. The van der Waals surface area contributed by atoms with Crippen molar-refractivity contribution >= 4 is 27.5 Å². The number of pyridine rings is 1. The molecule has 0 unspecified atom stereocenters. The Morgan fingerprint density at radius 2 is 2.25 bits per heavy atom. The second-order valence-corrected chi connectivity index (χ2v) is 5.08. The van der Waals surface area contributed by atoms with E-state index in [4.69, 9.17) is 5.73 Å². The van der Waals surface area contributed by atoms with Gasteiger partial charge in [-0.2, -0.15) is 0 Å². The van der Waals surface area contributed by atoms with Crippen LogP contribution in [0.5, 0.6) is 0 Å². The Hall–Kier alpha value is -1.95. The van der Waals surface area contributed by atoms with Crippen molar-refractivity contribution in [3.63, 3.8) is 0 Å². The Morgan fingerprint density at radius 1 is 1.45 bits per heavy atom. The van der Waals surface area contributed by atoms with Crippen LogP contribution in [0.25, 0.3) is 0 Å². The number of hydrogen-bond acceptors (Lipinski definition) is 3. The van der Waals surface area contributed by atoms with E-state index in [0.717, 1.165) is 5.56 Å². The lowest BCUT2D eigenvalue weighted by molar-refractivity contribution is 0.0953. The molecule has 0 aliphatic carbocycles. The highest BCUT2D eigenvalue weighted by Crippen LogP contribution is 2.22. The van der Waals surface area contributed by atoms with Crippen molar-refractivity contribution in [2.24, 2.45) is 0 Å². The van der Waals surface area contributed by atoms with E-state index in [0.29, 0.717) is 23.0 Å². The Morgan fingerprint density at radius 3 is 2.95 bits per heavy atom. The molecule has 0 bridgehead atoms. The number of nitrogens with one attached hydrogen (secondary N) is 1. The number of nitrogens with two attached hydrogens (primary N) is 1. The number of rotatable bonds is 4. The van der Waals surface area contributed by atoms with Gasteiger partial charge in [-0.15, -0.1) is 0 Å². The van der Waals surface area contributed by atoms with Crippen LogP contribution in [0, 0.1) is 5.82 Å². The number of hydrogen-bond donors (Lipinski definition) is 2. The first kappa shape index (κ1) is 14.5. The summed E-state index contributed by atoms with van der Waals surface area (Å²) in [7, 11) is 0. The van der Waals surface area contributed by atoms with E-state index in [2.05, 4.69) is 26.2 Å². The molecule has 0 saturated carbocycles. The van der Waals surface area contributed by atoms with E-state index in [9.17, 15) is 9.18 Å². The van der Waals surface area contributed by atoms with E-state index in [-0.39, 0.29) is 11.6 Å². The summed E-state index contributed by atoms with van der Waals surface area (Å²) in [4.78, 5) is 16.0. The first-order chi connectivity index (χ1) is 9.58. The highest BCUT2D eigenvalue weighted by Gasteiger charge is 2.12. The summed E-state index contributed by atoms with van der Waals surface area (Å²) in [5.74, 6) is -0.851. The largest absolute Gasteiger partial charge is 0.396 e. The summed E-state index contributed by atoms with van der Waals surface area (Å²) in [6, 6.07) is 6.28. The maximum atomic E-state index is 13.2. The summed E-state index contributed by atoms with van der Waals surface area (Å²) in [5, 5.41) is 2.76. The molecule has 3 N–H and O–H groups in total. The van der Waals surface area contributed by atoms with Crippen LogP contribution in [0.3, 0.4) is 0 Å². The number of nitrogen functional groups attached to an aromatic ring is 1. The molecule has 104 valence electrons. The lowest BCUT2D eigenvalue weighted by atomic mass is 10.1. The van der Waals surface area contributed by atoms with Gasteiger partial charge in [0.25, 0.3) is 5.91 Å². The van der Waals surface area contributed by atoms with Gasteiger partial charge in [0, 0.05) is 23.4 Å². The predicted octanol–water partition coefficient (Wildman–Crippen LogP) is 2.54. The monoisotopic (exact) mass is 337 g/mol. The highest BCUT2D eigenvalue weighted by atomic mass is 79.9. The molecule has 1 aromatic heterocycles. The van der Waals surface area contributed by atoms with Gasteiger partial charge >= 0.3 is 0 Å². The Labute approximate surface area is 124 Å². The SMILES string of the molecule is Nc1cc(C(=O)NCCc2cccnc2)c(Br)cc1F. The molecule has 1 amide bonds. The average molecular weight is 338 g/mol. The number of carbonyl (C=O) groups is 1. The third kappa shape index (κ3) is 3.54. The fraction of sp³-hybridized carbons (Fsp3) is 0.143. The molecule has 6 heteroatoms. The van der Waals surface area contributed by atoms with Crippen LogP contribution in [-0.4, -0.2) is 17.4 Å². The minimum atomic E-state index is -0.552. The molecule has 0 atom stereocenters. The third-order valence-electron chi connectivity index (χ3n) is 2.75. The number of aromatic nitrogens is 1. The zero-order valence-corrected chi connectivity index (χ0v) is 12.2. The van der Waals surface area contributed by atoms with E-state index in [1.165, 1.54) is 12.1 Å². The van der Waals surface area contributed by atoms with Gasteiger partial charge in [-0.25, -0.2) is 4.39 Å². The third-order valence-corrected chi connectivity index (χ3v) is 3.41. The molecule has 20 heavy (non-hydrogen) atoms. The first-order valence-electron chi connectivity index (χ1n) is 5.99. The van der Waals surface area contributed by atoms with Crippen LogP contribution in [-0.2, 0) is 6.42 Å². The van der Waals surface area contributed by atoms with E-state index >= 15 is 0 Å². The molecule has 0 spiro atoms. The van der Waals surface area contributed by atoms with Crippen molar-refractivity contribution in [2.45, 2.75) is 6.42 Å². The van der Waals surface area contributed by atoms with Gasteiger partial charge in [0.1, 0.15) is 5.82 Å². The van der Waals surface area contributed by atoms with Crippen LogP contribution in [0.4, 0.5) is 10.1 Å². The topological polar surface area (TPSA) is 68.0 Å². The molecule has 0 aliphatic heterocycles. The Balaban J connectivity index is 1.97. The molecule has 1 heterocycles. The van der Waals surface area contributed by atoms with Gasteiger partial charge in [0.2, 0.25) is 0 Å². The number of anilines is 1. The van der Waals surface area contributed by atoms with Gasteiger partial charge in [0.15, 0.2) is 0 Å². The quantitative estimate of drug-likeness (QED) is 0.842. The predicted molar refractivity (Wildman–Crippen MR) is 78.8 cm³/mol. The number of amides is 1. The van der Waals surface area contributed by atoms with E-state index in [1.54, 1.807) is 12.4 Å². The average Bonchev–Trinajstić information content (AvgIpc) is 2.44. The highest BCUT2D eigenvalue weighted by molar-refractivity contribution is 9.10. The molecular weight excluding hydrogens is 325 g/mol. The van der Waals surface area contributed by atoms with Crippen molar-refractivity contribution < 1.29 is 9.18 Å². The van der Waals surface area contributed by atoms with E-state index < -0.39 is 5.82 Å². The lowest BCUT2D eigenvalue weighted by Gasteiger charge is -2.08. The second-order valence-electron chi connectivity index (χ2n) is 4.22. The number of benzene rings is 1. The van der Waals surface area contributed by atoms with Crippen LogP contribution >= 0.6 is 15.9 Å². The Bertz CT molecular complexity index is 619. The zero-order chi connectivity index (χ0) is 14.5. The molecule has 2 rings (SSSR count). The van der Waals surface area contributed by atoms with Crippen molar-refractivity contribution in [3.8, 4) is 0 Å². The maximum Gasteiger partial charge on any atom is 0.252 e. The normalized spacial score (nSPS) is 10.3. The molecule has 0 saturated heterocycles. The molecule has 2 aromatic rings. The van der Waals surface area contributed by atoms with E-state index in [1.807, 2.05) is 12.1 Å². The molecule has 0 aliphatic rings. The minimum Gasteiger partial charge on any atom is -0.396 e. The number of halogens is 2. The first-order valence-corrected chi connectivity index (χ1v) is 6.79. The smallest absolute Gasteiger partial charge is 0.252 e. The van der Waals surface area contributed by atoms with Gasteiger partial charge in [-0.1, -0.05) is 6.07 Å². The molecule has 4 nitrogen and oxygen atoms in total. The fourth-order valence-electron chi connectivity index (χ4n) is 1.70. The molecule has 1 aromatic carbocycles. The summed E-state index contributed by atoms with van der Waals surface area (Å²) >= 11 is 3.15. The van der Waals surface area contributed by atoms with Crippen molar-refractivity contribution in [3.05, 3.63) is 58.1 Å². The second kappa shape index (κ2) is 6.47. The van der Waals surface area contributed by atoms with Crippen molar-refractivity contribution in [1.29, 1.82) is 0 Å². The summed E-state index contributed by atoms with van der Waals surface area (Å²) in [5.41, 5.74) is 6.76. The fourth-order valence-corrected chi connectivity index (χ4v) is 2.20. The van der Waals surface area contributed by atoms with Gasteiger partial charge < -0.3 is 11.1 Å². The van der Waals surface area contributed by atoms with Crippen LogP contribution in [0.2, 0.25) is 0 Å². The van der Waals surface area contributed by atoms with Crippen LogP contribution in [0.15, 0.2) is 41.1 Å². The standard InChI is InChI=1S/C14H13BrFN3O/c15-11-7-12(16)13(17)6-10(11)14(20)19-5-3-9-2-1-4-18-8-9/h1-2,4,6-8H,3,5,17H2,(H,19,20). The van der Waals surface area contributed by atoms with Gasteiger partial charge in [-0.05, 0) is 46.1 Å². The molecule has 0 fully saturated rings. The lowest BCUT2D eigenvalue weighted by Crippen LogP contribution is -2.26. The van der Waals surface area contributed by atoms with Crippen LogP contribution in [0.1, 0.15) is 15.9 Å². The zero-order valence-electron chi connectivity index (χ0n) is 10.6. The Kier molecular flexibility index (Phi) is 4.68. The summed E-state index contributed by atoms with van der Waals surface area (Å²) in [6.07, 6.45) is 4.12. The number of carbonyl (C=O) groups excluding carboxylic acids is 1. The van der Waals surface area contributed by atoms with Crippen LogP contribution < -0.4 is 11.1 Å². The number of nitrogens with zero attached hydrogens (tertiary/aromatic N) is 1. The maximum absolute atomic E-state index is 13.2. The van der Waals surface area contributed by atoms with Crippen molar-refractivity contribution in [2.75, 3.05) is 12.3 Å². The molecule has 0 radical (unpaired) electrons. The molecular formula is C14H13BrFN3O. The van der Waals surface area contributed by atoms with Gasteiger partial charge in [-0.3, -0.25) is 9.78 Å².